The SMILES string of the molecule is CCOC(=O)C1=C(C(F)(F)F)N=c2s/c(=C\c3cc(Cl)cc(Cl)c3OCc3ccc(F)cc3)c(=O)n2[C@@H]1c1ccc(Cl)cc1. The zero-order valence-corrected chi connectivity index (χ0v) is 25.5. The number of aromatic nitrogens is 1. The quantitative estimate of drug-likeness (QED) is 0.155. The first-order valence-electron chi connectivity index (χ1n) is 12.8. The third kappa shape index (κ3) is 6.56. The van der Waals surface area contributed by atoms with Gasteiger partial charge in [-0.15, -0.1) is 0 Å². The summed E-state index contributed by atoms with van der Waals surface area (Å²) in [4.78, 5) is 30.3. The Morgan fingerprint density at radius 3 is 2.36 bits per heavy atom. The molecule has 0 amide bonds. The van der Waals surface area contributed by atoms with Gasteiger partial charge >= 0.3 is 12.1 Å². The number of fused-ring (bicyclic) bond motifs is 1. The number of ether oxygens (including phenoxy) is 2. The minimum atomic E-state index is -5.05. The lowest BCUT2D eigenvalue weighted by molar-refractivity contribution is -0.140. The first-order chi connectivity index (χ1) is 20.9. The molecule has 44 heavy (non-hydrogen) atoms. The van der Waals surface area contributed by atoms with Crippen LogP contribution in [0.15, 0.2) is 81.7 Å². The summed E-state index contributed by atoms with van der Waals surface area (Å²) in [7, 11) is 0. The van der Waals surface area contributed by atoms with E-state index in [1.165, 1.54) is 73.7 Å². The van der Waals surface area contributed by atoms with Crippen molar-refractivity contribution in [3.05, 3.63) is 129 Å². The van der Waals surface area contributed by atoms with Crippen LogP contribution in [0.1, 0.15) is 29.7 Å². The number of carbonyl (C=O) groups excluding carboxylic acids is 1. The maximum Gasteiger partial charge on any atom is 0.434 e. The summed E-state index contributed by atoms with van der Waals surface area (Å²) < 4.78 is 68.2. The molecular weight excluding hydrogens is 667 g/mol. The predicted octanol–water partition coefficient (Wildman–Crippen LogP) is 7.02. The molecule has 0 spiro atoms. The summed E-state index contributed by atoms with van der Waals surface area (Å²) >= 11 is 19.3. The van der Waals surface area contributed by atoms with Gasteiger partial charge in [0.25, 0.3) is 5.56 Å². The van der Waals surface area contributed by atoms with Crippen LogP contribution in [0.2, 0.25) is 15.1 Å². The summed E-state index contributed by atoms with van der Waals surface area (Å²) in [5, 5.41) is 0.595. The van der Waals surface area contributed by atoms with Crippen LogP contribution in [0.3, 0.4) is 0 Å². The van der Waals surface area contributed by atoms with Gasteiger partial charge in [-0.25, -0.2) is 14.2 Å². The van der Waals surface area contributed by atoms with Crippen LogP contribution in [0.5, 0.6) is 5.75 Å². The van der Waals surface area contributed by atoms with E-state index in [4.69, 9.17) is 44.3 Å². The molecule has 0 fully saturated rings. The summed E-state index contributed by atoms with van der Waals surface area (Å²) in [5.41, 5.74) is -2.00. The number of esters is 1. The van der Waals surface area contributed by atoms with E-state index >= 15 is 0 Å². The molecule has 3 aromatic carbocycles. The van der Waals surface area contributed by atoms with Gasteiger partial charge in [0, 0.05) is 15.6 Å². The van der Waals surface area contributed by atoms with Crippen molar-refractivity contribution in [2.45, 2.75) is 25.7 Å². The standard InChI is InChI=1S/C30H19Cl3F4N2O4S/c1-2-42-28(41)23-24(16-5-7-18(31)8-6-16)39-27(40)22(44-29(39)38-26(23)30(35,36)37)12-17-11-19(32)13-21(33)25(17)43-14-15-3-9-20(34)10-4-15/h3-13,24H,2,14H2,1H3/b22-12-/t24-/m1/s1. The third-order valence-corrected chi connectivity index (χ3v) is 8.13. The summed E-state index contributed by atoms with van der Waals surface area (Å²) in [6.45, 7) is 1.23. The Bertz CT molecular complexity index is 1950. The van der Waals surface area contributed by atoms with Crippen molar-refractivity contribution >= 4 is 58.2 Å². The van der Waals surface area contributed by atoms with Gasteiger partial charge < -0.3 is 9.47 Å². The van der Waals surface area contributed by atoms with Gasteiger partial charge in [-0.3, -0.25) is 9.36 Å². The second-order valence-electron chi connectivity index (χ2n) is 9.34. The van der Waals surface area contributed by atoms with Crippen molar-refractivity contribution in [3.8, 4) is 5.75 Å². The number of hydrogen-bond donors (Lipinski definition) is 0. The monoisotopic (exact) mass is 684 g/mol. The molecule has 1 aliphatic heterocycles. The minimum absolute atomic E-state index is 0.0157. The fourth-order valence-electron chi connectivity index (χ4n) is 4.52. The molecular formula is C30H19Cl3F4N2O4S. The number of alkyl halides is 3. The average molecular weight is 686 g/mol. The lowest BCUT2D eigenvalue weighted by atomic mass is 9.95. The number of hydrogen-bond acceptors (Lipinski definition) is 6. The van der Waals surface area contributed by atoms with Crippen LogP contribution in [-0.2, 0) is 16.1 Å². The zero-order chi connectivity index (χ0) is 31.8. The summed E-state index contributed by atoms with van der Waals surface area (Å²) in [6.07, 6.45) is -3.69. The van der Waals surface area contributed by atoms with Crippen LogP contribution in [0.25, 0.3) is 6.08 Å². The molecule has 14 heteroatoms. The maximum absolute atomic E-state index is 14.3. The third-order valence-electron chi connectivity index (χ3n) is 6.40. The highest BCUT2D eigenvalue weighted by Crippen LogP contribution is 2.39. The molecule has 0 saturated heterocycles. The molecule has 1 atom stereocenters. The lowest BCUT2D eigenvalue weighted by Crippen LogP contribution is -2.41. The largest absolute Gasteiger partial charge is 0.487 e. The molecule has 0 bridgehead atoms. The molecule has 0 N–H and O–H groups in total. The molecule has 2 heterocycles. The highest BCUT2D eigenvalue weighted by molar-refractivity contribution is 7.07. The van der Waals surface area contributed by atoms with Crippen LogP contribution < -0.4 is 19.6 Å². The van der Waals surface area contributed by atoms with Crippen molar-refractivity contribution in [1.82, 2.24) is 4.57 Å². The number of nitrogens with zero attached hydrogens (tertiary/aromatic N) is 2. The van der Waals surface area contributed by atoms with Gasteiger partial charge in [-0.1, -0.05) is 70.4 Å². The number of allylic oxidation sites excluding steroid dienone is 1. The molecule has 0 aliphatic carbocycles. The van der Waals surface area contributed by atoms with E-state index in [9.17, 15) is 27.2 Å². The maximum atomic E-state index is 14.3. The van der Waals surface area contributed by atoms with Gasteiger partial charge in [0.05, 0.1) is 27.8 Å². The Labute approximate surface area is 266 Å². The topological polar surface area (TPSA) is 69.9 Å². The highest BCUT2D eigenvalue weighted by atomic mass is 35.5. The molecule has 0 saturated carbocycles. The van der Waals surface area contributed by atoms with Gasteiger partial charge in [-0.2, -0.15) is 13.2 Å². The van der Waals surface area contributed by atoms with E-state index in [0.717, 1.165) is 4.57 Å². The van der Waals surface area contributed by atoms with Crippen molar-refractivity contribution < 1.29 is 31.8 Å². The Hall–Kier alpha value is -3.64. The normalized spacial score (nSPS) is 15.2. The smallest absolute Gasteiger partial charge is 0.434 e. The first kappa shape index (κ1) is 31.8. The van der Waals surface area contributed by atoms with E-state index < -0.39 is 40.8 Å². The Morgan fingerprint density at radius 1 is 1.05 bits per heavy atom. The summed E-state index contributed by atoms with van der Waals surface area (Å²) in [6, 6.07) is 12.6. The molecule has 1 aliphatic rings. The van der Waals surface area contributed by atoms with E-state index in [1.807, 2.05) is 0 Å². The van der Waals surface area contributed by atoms with Crippen LogP contribution in [0.4, 0.5) is 17.6 Å². The van der Waals surface area contributed by atoms with Crippen molar-refractivity contribution in [1.29, 1.82) is 0 Å². The molecule has 0 unspecified atom stereocenters. The van der Waals surface area contributed by atoms with Crippen LogP contribution >= 0.6 is 46.1 Å². The Balaban J connectivity index is 1.71. The number of benzene rings is 3. The first-order valence-corrected chi connectivity index (χ1v) is 14.7. The van der Waals surface area contributed by atoms with Crippen LogP contribution in [-0.4, -0.2) is 23.3 Å². The van der Waals surface area contributed by atoms with E-state index in [-0.39, 0.29) is 49.5 Å². The number of thiazole rings is 1. The molecule has 228 valence electrons. The summed E-state index contributed by atoms with van der Waals surface area (Å²) in [5.74, 6) is -1.56. The number of rotatable bonds is 7. The van der Waals surface area contributed by atoms with Crippen molar-refractivity contribution in [3.63, 3.8) is 0 Å². The van der Waals surface area contributed by atoms with Gasteiger partial charge in [-0.05, 0) is 60.5 Å². The van der Waals surface area contributed by atoms with E-state index in [2.05, 4.69) is 4.99 Å². The van der Waals surface area contributed by atoms with Crippen molar-refractivity contribution in [2.24, 2.45) is 4.99 Å². The number of halogens is 7. The van der Waals surface area contributed by atoms with E-state index in [1.54, 1.807) is 0 Å². The molecule has 6 nitrogen and oxygen atoms in total. The highest BCUT2D eigenvalue weighted by Gasteiger charge is 2.45. The fraction of sp³-hybridized carbons (Fsp3) is 0.167. The Kier molecular flexibility index (Phi) is 9.22. The Morgan fingerprint density at radius 2 is 1.73 bits per heavy atom. The second kappa shape index (κ2) is 12.8. The molecule has 1 aromatic heterocycles. The van der Waals surface area contributed by atoms with Gasteiger partial charge in [0.15, 0.2) is 10.5 Å². The molecule has 5 rings (SSSR count). The van der Waals surface area contributed by atoms with Gasteiger partial charge in [0.1, 0.15) is 18.2 Å². The van der Waals surface area contributed by atoms with Crippen molar-refractivity contribution in [2.75, 3.05) is 6.61 Å². The minimum Gasteiger partial charge on any atom is -0.487 e. The lowest BCUT2D eigenvalue weighted by Gasteiger charge is -2.26. The van der Waals surface area contributed by atoms with Crippen LogP contribution in [0, 0.1) is 5.82 Å². The number of carbonyl (C=O) groups is 1. The average Bonchev–Trinajstić information content (AvgIpc) is 3.27. The molecule has 0 radical (unpaired) electrons. The zero-order valence-electron chi connectivity index (χ0n) is 22.4. The van der Waals surface area contributed by atoms with Gasteiger partial charge in [0.2, 0.25) is 0 Å². The predicted molar refractivity (Wildman–Crippen MR) is 159 cm³/mol. The molecule has 4 aromatic rings. The fourth-order valence-corrected chi connectivity index (χ4v) is 6.20. The van der Waals surface area contributed by atoms with E-state index in [0.29, 0.717) is 21.9 Å². The second-order valence-corrected chi connectivity index (χ2v) is 11.6.